The van der Waals surface area contributed by atoms with E-state index in [4.69, 9.17) is 9.47 Å². The maximum Gasteiger partial charge on any atom is 0.142 e. The Bertz CT molecular complexity index is 866. The van der Waals surface area contributed by atoms with Crippen molar-refractivity contribution in [2.45, 2.75) is 59.4 Å². The van der Waals surface area contributed by atoms with Crippen LogP contribution in [0.1, 0.15) is 47.2 Å². The second-order valence-corrected chi connectivity index (χ2v) is 9.27. The lowest BCUT2D eigenvalue weighted by Crippen LogP contribution is -2.37. The van der Waals surface area contributed by atoms with E-state index < -0.39 is 0 Å². The molecule has 2 atom stereocenters. The van der Waals surface area contributed by atoms with Crippen molar-refractivity contribution < 1.29 is 19.7 Å². The number of ether oxygens (including phenoxy) is 2. The van der Waals surface area contributed by atoms with E-state index in [2.05, 4.69) is 47.9 Å². The number of aliphatic hydroxyl groups excluding tert-OH is 2. The molecule has 4 rings (SSSR count). The number of fused-ring (bicyclic) bond motifs is 2. The van der Waals surface area contributed by atoms with Crippen molar-refractivity contribution in [1.29, 1.82) is 0 Å². The molecular formula is C25H34N2O4. The first-order valence-electron chi connectivity index (χ1n) is 11.1. The van der Waals surface area contributed by atoms with Gasteiger partial charge in [-0.15, -0.1) is 0 Å². The summed E-state index contributed by atoms with van der Waals surface area (Å²) in [5.74, 6) is 1.93. The Kier molecular flexibility index (Phi) is 6.53. The van der Waals surface area contributed by atoms with Gasteiger partial charge in [0.1, 0.15) is 25.0 Å². The molecule has 31 heavy (non-hydrogen) atoms. The molecule has 0 aliphatic carbocycles. The van der Waals surface area contributed by atoms with Gasteiger partial charge >= 0.3 is 0 Å². The molecule has 0 saturated carbocycles. The van der Waals surface area contributed by atoms with Gasteiger partial charge in [-0.25, -0.2) is 0 Å². The SMILES string of the molecule is Cc1cc(Cc2cc(C)cc3c2OCN(CC(C)O)C3)c2c(c1)CN(CC(C)O)CO2. The van der Waals surface area contributed by atoms with E-state index in [0.29, 0.717) is 26.6 Å². The number of benzene rings is 2. The Hall–Kier alpha value is -2.12. The summed E-state index contributed by atoms with van der Waals surface area (Å²) in [4.78, 5) is 4.26. The molecular weight excluding hydrogens is 392 g/mol. The van der Waals surface area contributed by atoms with Crippen LogP contribution in [0.2, 0.25) is 0 Å². The molecule has 2 aromatic carbocycles. The fraction of sp³-hybridized carbons (Fsp3) is 0.520. The average molecular weight is 427 g/mol. The van der Waals surface area contributed by atoms with Crippen LogP contribution in [0.3, 0.4) is 0 Å². The summed E-state index contributed by atoms with van der Waals surface area (Å²) in [6, 6.07) is 8.78. The van der Waals surface area contributed by atoms with Crippen LogP contribution >= 0.6 is 0 Å². The zero-order chi connectivity index (χ0) is 22.1. The zero-order valence-electron chi connectivity index (χ0n) is 19.0. The van der Waals surface area contributed by atoms with Gasteiger partial charge in [0.15, 0.2) is 0 Å². The fourth-order valence-electron chi connectivity index (χ4n) is 4.80. The highest BCUT2D eigenvalue weighted by Gasteiger charge is 2.25. The van der Waals surface area contributed by atoms with E-state index >= 15 is 0 Å². The van der Waals surface area contributed by atoms with Gasteiger partial charge in [-0.3, -0.25) is 9.80 Å². The highest BCUT2D eigenvalue weighted by molar-refractivity contribution is 5.52. The van der Waals surface area contributed by atoms with Crippen molar-refractivity contribution in [3.05, 3.63) is 57.6 Å². The number of nitrogens with zero attached hydrogens (tertiary/aromatic N) is 2. The molecule has 0 aromatic heterocycles. The molecule has 2 aliphatic rings. The predicted octanol–water partition coefficient (Wildman–Crippen LogP) is 2.96. The minimum absolute atomic E-state index is 0.376. The summed E-state index contributed by atoms with van der Waals surface area (Å²) in [5, 5.41) is 19.5. The van der Waals surface area contributed by atoms with E-state index in [1.165, 1.54) is 33.4 Å². The third kappa shape index (κ3) is 5.21. The normalized spacial score (nSPS) is 18.5. The van der Waals surface area contributed by atoms with Crippen LogP contribution in [0.15, 0.2) is 24.3 Å². The summed E-state index contributed by atoms with van der Waals surface area (Å²) in [5.41, 5.74) is 7.12. The van der Waals surface area contributed by atoms with Gasteiger partial charge in [0, 0.05) is 43.7 Å². The number of hydrogen-bond donors (Lipinski definition) is 2. The lowest BCUT2D eigenvalue weighted by atomic mass is 9.94. The maximum absolute atomic E-state index is 9.73. The summed E-state index contributed by atoms with van der Waals surface area (Å²) < 4.78 is 12.3. The highest BCUT2D eigenvalue weighted by atomic mass is 16.5. The van der Waals surface area contributed by atoms with E-state index in [0.717, 1.165) is 31.0 Å². The molecule has 0 amide bonds. The second kappa shape index (κ2) is 9.17. The van der Waals surface area contributed by atoms with Gasteiger partial charge in [-0.05, 0) is 38.8 Å². The van der Waals surface area contributed by atoms with Crippen LogP contribution in [-0.4, -0.2) is 58.8 Å². The molecule has 2 aliphatic heterocycles. The topological polar surface area (TPSA) is 65.4 Å². The van der Waals surface area contributed by atoms with Gasteiger partial charge in [-0.1, -0.05) is 35.4 Å². The Balaban J connectivity index is 1.61. The van der Waals surface area contributed by atoms with Gasteiger partial charge in [0.2, 0.25) is 0 Å². The number of rotatable bonds is 6. The molecule has 2 N–H and O–H groups in total. The minimum atomic E-state index is -0.376. The van der Waals surface area contributed by atoms with Crippen molar-refractivity contribution in [2.24, 2.45) is 0 Å². The maximum atomic E-state index is 9.73. The van der Waals surface area contributed by atoms with Crippen LogP contribution in [0, 0.1) is 13.8 Å². The number of aryl methyl sites for hydroxylation is 2. The summed E-state index contributed by atoms with van der Waals surface area (Å²) in [6.45, 7) is 11.6. The smallest absolute Gasteiger partial charge is 0.142 e. The molecule has 0 fully saturated rings. The van der Waals surface area contributed by atoms with E-state index in [-0.39, 0.29) is 12.2 Å². The van der Waals surface area contributed by atoms with Crippen LogP contribution < -0.4 is 9.47 Å². The van der Waals surface area contributed by atoms with E-state index in [9.17, 15) is 10.2 Å². The van der Waals surface area contributed by atoms with Gasteiger partial charge in [0.25, 0.3) is 0 Å². The van der Waals surface area contributed by atoms with Crippen molar-refractivity contribution >= 4 is 0 Å². The van der Waals surface area contributed by atoms with Crippen LogP contribution in [0.5, 0.6) is 11.5 Å². The zero-order valence-corrected chi connectivity index (χ0v) is 19.0. The first kappa shape index (κ1) is 22.1. The molecule has 0 bridgehead atoms. The first-order valence-corrected chi connectivity index (χ1v) is 11.1. The number of β-amino-alcohol motifs (C(OH)–C–C–N with tert-alkyl or cyclic N) is 2. The van der Waals surface area contributed by atoms with Gasteiger partial charge in [-0.2, -0.15) is 0 Å². The molecule has 0 spiro atoms. The summed E-state index contributed by atoms with van der Waals surface area (Å²) in [7, 11) is 0. The van der Waals surface area contributed by atoms with E-state index in [1.807, 2.05) is 0 Å². The molecule has 2 aromatic rings. The van der Waals surface area contributed by atoms with E-state index in [1.54, 1.807) is 13.8 Å². The average Bonchev–Trinajstić information content (AvgIpc) is 2.66. The summed E-state index contributed by atoms with van der Waals surface area (Å²) >= 11 is 0. The highest BCUT2D eigenvalue weighted by Crippen LogP contribution is 2.37. The summed E-state index contributed by atoms with van der Waals surface area (Å²) in [6.07, 6.45) is -0.00143. The third-order valence-electron chi connectivity index (χ3n) is 5.77. The Labute approximate surface area is 185 Å². The van der Waals surface area contributed by atoms with Crippen LogP contribution in [0.25, 0.3) is 0 Å². The first-order chi connectivity index (χ1) is 14.8. The Morgan fingerprint density at radius 3 is 1.58 bits per heavy atom. The van der Waals surface area contributed by atoms with Crippen molar-refractivity contribution in [1.82, 2.24) is 9.80 Å². The largest absolute Gasteiger partial charge is 0.477 e. The minimum Gasteiger partial charge on any atom is -0.477 e. The molecule has 0 saturated heterocycles. The third-order valence-corrected chi connectivity index (χ3v) is 5.77. The second-order valence-electron chi connectivity index (χ2n) is 9.27. The molecule has 6 nitrogen and oxygen atoms in total. The molecule has 6 heteroatoms. The molecule has 2 heterocycles. The Morgan fingerprint density at radius 2 is 1.19 bits per heavy atom. The molecule has 2 unspecified atom stereocenters. The van der Waals surface area contributed by atoms with Gasteiger partial charge in [0.05, 0.1) is 12.2 Å². The Morgan fingerprint density at radius 1 is 0.774 bits per heavy atom. The standard InChI is InChI=1S/C25H34N2O4/c1-16-5-20(24-22(7-16)12-26(14-30-24)10-18(3)28)9-21-6-17(2)8-23-13-27(11-19(4)29)15-31-25(21)23/h5-8,18-19,28-29H,9-15H2,1-4H3. The van der Waals surface area contributed by atoms with Crippen molar-refractivity contribution in [2.75, 3.05) is 26.6 Å². The molecule has 168 valence electrons. The van der Waals surface area contributed by atoms with Crippen molar-refractivity contribution in [3.8, 4) is 11.5 Å². The lowest BCUT2D eigenvalue weighted by Gasteiger charge is -2.32. The van der Waals surface area contributed by atoms with Crippen LogP contribution in [-0.2, 0) is 19.5 Å². The van der Waals surface area contributed by atoms with Crippen LogP contribution in [0.4, 0.5) is 0 Å². The van der Waals surface area contributed by atoms with Crippen molar-refractivity contribution in [3.63, 3.8) is 0 Å². The fourth-order valence-corrected chi connectivity index (χ4v) is 4.80. The number of aliphatic hydroxyl groups is 2. The monoisotopic (exact) mass is 426 g/mol. The predicted molar refractivity (Wildman–Crippen MR) is 120 cm³/mol. The number of hydrogen-bond acceptors (Lipinski definition) is 6. The quantitative estimate of drug-likeness (QED) is 0.741. The lowest BCUT2D eigenvalue weighted by molar-refractivity contribution is 0.0488. The van der Waals surface area contributed by atoms with Gasteiger partial charge < -0.3 is 19.7 Å². The molecule has 0 radical (unpaired) electrons.